The Hall–Kier alpha value is -2.21. The molecule has 0 atom stereocenters. The third-order valence-corrected chi connectivity index (χ3v) is 4.11. The average Bonchev–Trinajstić information content (AvgIpc) is 3.02. The number of hydrogen-bond donors (Lipinski definition) is 2. The summed E-state index contributed by atoms with van der Waals surface area (Å²) in [5, 5.41) is 10.9. The van der Waals surface area contributed by atoms with Gasteiger partial charge in [-0.25, -0.2) is 14.2 Å². The normalized spacial score (nSPS) is 11.1. The zero-order chi connectivity index (χ0) is 14.3. The van der Waals surface area contributed by atoms with Crippen molar-refractivity contribution >= 4 is 28.3 Å². The molecule has 6 heteroatoms. The van der Waals surface area contributed by atoms with Gasteiger partial charge in [0.15, 0.2) is 0 Å². The Morgan fingerprint density at radius 3 is 3.00 bits per heavy atom. The van der Waals surface area contributed by atoms with Gasteiger partial charge in [0.2, 0.25) is 0 Å². The number of imidazole rings is 1. The summed E-state index contributed by atoms with van der Waals surface area (Å²) in [5.74, 6) is -1.41. The zero-order valence-electron chi connectivity index (χ0n) is 10.6. The number of hydrogen-bond acceptors (Lipinski definition) is 3. The van der Waals surface area contributed by atoms with Gasteiger partial charge in [0.05, 0.1) is 21.5 Å². The Labute approximate surface area is 117 Å². The number of thiophene rings is 1. The fourth-order valence-corrected chi connectivity index (χ4v) is 3.06. The number of aromatic nitrogens is 2. The third kappa shape index (κ3) is 1.98. The fourth-order valence-electron chi connectivity index (χ4n) is 2.12. The molecule has 1 aromatic carbocycles. The van der Waals surface area contributed by atoms with E-state index in [9.17, 15) is 9.18 Å². The van der Waals surface area contributed by atoms with Crippen LogP contribution in [0.5, 0.6) is 0 Å². The lowest BCUT2D eigenvalue weighted by atomic mass is 10.2. The first kappa shape index (κ1) is 12.8. The van der Waals surface area contributed by atoms with Crippen molar-refractivity contribution in [2.75, 3.05) is 0 Å². The molecule has 0 fully saturated rings. The highest BCUT2D eigenvalue weighted by molar-refractivity contribution is 7.13. The number of halogens is 1. The van der Waals surface area contributed by atoms with Crippen molar-refractivity contribution in [3.05, 3.63) is 40.5 Å². The van der Waals surface area contributed by atoms with E-state index in [2.05, 4.69) is 16.9 Å². The Bertz CT molecular complexity index is 807. The highest BCUT2D eigenvalue weighted by Gasteiger charge is 2.16. The molecule has 3 rings (SSSR count). The number of fused-ring (bicyclic) bond motifs is 1. The number of carboxylic acids is 1. The van der Waals surface area contributed by atoms with E-state index in [1.54, 1.807) is 11.3 Å². The number of H-pyrrole nitrogens is 1. The molecule has 0 saturated carbocycles. The van der Waals surface area contributed by atoms with Crippen LogP contribution in [0.2, 0.25) is 0 Å². The first-order valence-corrected chi connectivity index (χ1v) is 6.97. The van der Waals surface area contributed by atoms with Crippen LogP contribution in [0.15, 0.2) is 23.6 Å². The number of aryl methyl sites for hydroxylation is 1. The summed E-state index contributed by atoms with van der Waals surface area (Å²) in [6.07, 6.45) is 0.880. The molecule has 102 valence electrons. The van der Waals surface area contributed by atoms with Crippen molar-refractivity contribution in [2.45, 2.75) is 13.3 Å². The Morgan fingerprint density at radius 2 is 2.30 bits per heavy atom. The number of carbonyl (C=O) groups is 1. The second-order valence-corrected chi connectivity index (χ2v) is 5.28. The Balaban J connectivity index is 2.18. The molecule has 3 aromatic rings. The van der Waals surface area contributed by atoms with E-state index in [0.717, 1.165) is 16.9 Å². The van der Waals surface area contributed by atoms with Gasteiger partial charge >= 0.3 is 5.97 Å². The van der Waals surface area contributed by atoms with Crippen molar-refractivity contribution in [3.8, 4) is 10.7 Å². The lowest BCUT2D eigenvalue weighted by Gasteiger charge is -1.96. The highest BCUT2D eigenvalue weighted by Crippen LogP contribution is 2.30. The van der Waals surface area contributed by atoms with Crippen LogP contribution in [0, 0.1) is 5.82 Å². The minimum Gasteiger partial charge on any atom is -0.478 e. The molecular formula is C14H11FN2O2S. The van der Waals surface area contributed by atoms with Crippen LogP contribution < -0.4 is 0 Å². The van der Waals surface area contributed by atoms with Crippen LogP contribution in [-0.2, 0) is 6.42 Å². The molecule has 2 aromatic heterocycles. The predicted molar refractivity (Wildman–Crippen MR) is 75.7 cm³/mol. The summed E-state index contributed by atoms with van der Waals surface area (Å²) < 4.78 is 13.6. The Kier molecular flexibility index (Phi) is 3.02. The maximum absolute atomic E-state index is 13.6. The molecule has 0 bridgehead atoms. The highest BCUT2D eigenvalue weighted by atomic mass is 32.1. The molecule has 0 aliphatic carbocycles. The first-order valence-electron chi connectivity index (χ1n) is 6.09. The van der Waals surface area contributed by atoms with Gasteiger partial charge in [0, 0.05) is 6.07 Å². The molecule has 0 saturated heterocycles. The quantitative estimate of drug-likeness (QED) is 0.773. The Morgan fingerprint density at radius 1 is 1.50 bits per heavy atom. The fraction of sp³-hybridized carbons (Fsp3) is 0.143. The number of aromatic amines is 1. The third-order valence-electron chi connectivity index (χ3n) is 3.14. The van der Waals surface area contributed by atoms with Gasteiger partial charge in [-0.15, -0.1) is 11.3 Å². The van der Waals surface area contributed by atoms with Gasteiger partial charge in [-0.3, -0.25) is 0 Å². The number of carboxylic acid groups (broad SMARTS) is 1. The zero-order valence-corrected chi connectivity index (χ0v) is 11.4. The predicted octanol–water partition coefficient (Wildman–Crippen LogP) is 3.69. The van der Waals surface area contributed by atoms with Crippen molar-refractivity contribution < 1.29 is 14.3 Å². The number of rotatable bonds is 3. The van der Waals surface area contributed by atoms with Crippen molar-refractivity contribution in [2.24, 2.45) is 0 Å². The van der Waals surface area contributed by atoms with Crippen molar-refractivity contribution in [1.82, 2.24) is 9.97 Å². The lowest BCUT2D eigenvalue weighted by molar-refractivity contribution is 0.0692. The van der Waals surface area contributed by atoms with Crippen LogP contribution in [0.4, 0.5) is 4.39 Å². The monoisotopic (exact) mass is 290 g/mol. The van der Waals surface area contributed by atoms with Crippen molar-refractivity contribution in [3.63, 3.8) is 0 Å². The lowest BCUT2D eigenvalue weighted by Crippen LogP contribution is -1.99. The van der Waals surface area contributed by atoms with E-state index in [-0.39, 0.29) is 5.56 Å². The molecule has 0 amide bonds. The molecule has 0 aliphatic rings. The van der Waals surface area contributed by atoms with Gasteiger partial charge in [-0.2, -0.15) is 0 Å². The SMILES string of the molecule is CCc1ccsc1-c1nc2cc(C(=O)O)c(F)cc2[nH]1. The van der Waals surface area contributed by atoms with E-state index in [0.29, 0.717) is 16.9 Å². The topological polar surface area (TPSA) is 66.0 Å². The minimum atomic E-state index is -1.29. The number of benzene rings is 1. The molecule has 0 radical (unpaired) electrons. The number of nitrogens with zero attached hydrogens (tertiary/aromatic N) is 1. The van der Waals surface area contributed by atoms with E-state index >= 15 is 0 Å². The largest absolute Gasteiger partial charge is 0.478 e. The van der Waals surface area contributed by atoms with E-state index in [4.69, 9.17) is 5.11 Å². The van der Waals surface area contributed by atoms with Gasteiger partial charge in [-0.1, -0.05) is 6.92 Å². The smallest absolute Gasteiger partial charge is 0.338 e. The summed E-state index contributed by atoms with van der Waals surface area (Å²) in [6.45, 7) is 2.05. The molecular weight excluding hydrogens is 279 g/mol. The summed E-state index contributed by atoms with van der Waals surface area (Å²) in [6, 6.07) is 4.46. The van der Waals surface area contributed by atoms with E-state index < -0.39 is 11.8 Å². The number of aromatic carboxylic acids is 1. The van der Waals surface area contributed by atoms with Crippen molar-refractivity contribution in [1.29, 1.82) is 0 Å². The molecule has 2 heterocycles. The molecule has 20 heavy (non-hydrogen) atoms. The average molecular weight is 290 g/mol. The van der Waals surface area contributed by atoms with Crippen LogP contribution in [0.3, 0.4) is 0 Å². The summed E-state index contributed by atoms with van der Waals surface area (Å²) in [4.78, 5) is 19.3. The first-order chi connectivity index (χ1) is 9.60. The molecule has 0 unspecified atom stereocenters. The molecule has 0 aliphatic heterocycles. The van der Waals surface area contributed by atoms with Gasteiger partial charge in [0.1, 0.15) is 11.6 Å². The van der Waals surface area contributed by atoms with Crippen LogP contribution in [0.1, 0.15) is 22.8 Å². The van der Waals surface area contributed by atoms with Crippen LogP contribution in [-0.4, -0.2) is 21.0 Å². The van der Waals surface area contributed by atoms with Gasteiger partial charge in [-0.05, 0) is 29.5 Å². The standard InChI is InChI=1S/C14H11FN2O2S/c1-2-7-3-4-20-12(7)13-16-10-5-8(14(18)19)9(15)6-11(10)17-13/h3-6H,2H2,1H3,(H,16,17)(H,18,19). The van der Waals surface area contributed by atoms with E-state index in [1.165, 1.54) is 12.1 Å². The van der Waals surface area contributed by atoms with Gasteiger partial charge in [0.25, 0.3) is 0 Å². The van der Waals surface area contributed by atoms with E-state index in [1.807, 2.05) is 11.4 Å². The molecule has 0 spiro atoms. The molecule has 2 N–H and O–H groups in total. The maximum atomic E-state index is 13.6. The molecule has 4 nitrogen and oxygen atoms in total. The summed E-state index contributed by atoms with van der Waals surface area (Å²) in [7, 11) is 0. The van der Waals surface area contributed by atoms with Gasteiger partial charge < -0.3 is 10.1 Å². The summed E-state index contributed by atoms with van der Waals surface area (Å²) in [5.41, 5.74) is 1.75. The second-order valence-electron chi connectivity index (χ2n) is 4.37. The minimum absolute atomic E-state index is 0.363. The van der Waals surface area contributed by atoms with Crippen LogP contribution >= 0.6 is 11.3 Å². The number of nitrogens with one attached hydrogen (secondary N) is 1. The van der Waals surface area contributed by atoms with Crippen LogP contribution in [0.25, 0.3) is 21.7 Å². The maximum Gasteiger partial charge on any atom is 0.338 e. The second kappa shape index (κ2) is 4.72. The summed E-state index contributed by atoms with van der Waals surface area (Å²) >= 11 is 1.55.